The van der Waals surface area contributed by atoms with Crippen molar-refractivity contribution in [1.29, 1.82) is 0 Å². The molecule has 172 valence electrons. The van der Waals surface area contributed by atoms with Crippen LogP contribution in [0.1, 0.15) is 16.7 Å². The van der Waals surface area contributed by atoms with Crippen LogP contribution in [0.25, 0.3) is 0 Å². The number of halogens is 2. The Hall–Kier alpha value is -1.13. The molecule has 0 aliphatic carbocycles. The number of nitrogens with one attached hydrogen (secondary N) is 1. The van der Waals surface area contributed by atoms with E-state index in [9.17, 15) is 37.7 Å². The van der Waals surface area contributed by atoms with E-state index in [2.05, 4.69) is 17.9 Å². The van der Waals surface area contributed by atoms with Gasteiger partial charge in [0.25, 0.3) is 5.56 Å². The Morgan fingerprint density at radius 2 is 1.90 bits per heavy atom. The summed E-state index contributed by atoms with van der Waals surface area (Å²) in [4.78, 5) is 59.6. The van der Waals surface area contributed by atoms with Crippen molar-refractivity contribution in [1.82, 2.24) is 9.55 Å². The fraction of sp³-hybridized carbons (Fsp3) is 0.556. The van der Waals surface area contributed by atoms with E-state index in [1.165, 1.54) is 4.98 Å². The molecule has 1 aliphatic heterocycles. The summed E-state index contributed by atoms with van der Waals surface area (Å²) >= 11 is 0. The maximum absolute atomic E-state index is 15.2. The summed E-state index contributed by atoms with van der Waals surface area (Å²) in [6.07, 6.45) is -7.54. The van der Waals surface area contributed by atoms with Crippen LogP contribution in [0.2, 0.25) is 0 Å². The maximum atomic E-state index is 15.2. The highest BCUT2D eigenvalue weighted by atomic mass is 31.3. The summed E-state index contributed by atoms with van der Waals surface area (Å²) in [7, 11) is -18.2. The number of phosphoric acid groups is 3. The molecule has 1 aromatic rings. The number of phosphoric ester groups is 1. The number of ether oxygens (including phenoxy) is 1. The van der Waals surface area contributed by atoms with E-state index in [0.717, 1.165) is 0 Å². The average Bonchev–Trinajstić information content (AvgIpc) is 2.77. The SMILES string of the molecule is [2H]C([2H])(OP(=O)(O)OP(=O)(O)OP(=O)(O)O)[C@]1(F)C[C@@H](O)[C@]([2H])(n2cc(F)c(=O)[nH]c2=O)O1. The molecule has 0 aromatic carbocycles. The quantitative estimate of drug-likeness (QED) is 0.230. The molecule has 1 fully saturated rings. The number of alkyl halides is 1. The van der Waals surface area contributed by atoms with Crippen molar-refractivity contribution in [2.45, 2.75) is 24.6 Å². The number of aliphatic hydroxyl groups is 1. The van der Waals surface area contributed by atoms with Gasteiger partial charge in [0.1, 0.15) is 12.7 Å². The summed E-state index contributed by atoms with van der Waals surface area (Å²) in [5.74, 6) is -5.84. The van der Waals surface area contributed by atoms with Crippen molar-refractivity contribution in [3.05, 3.63) is 32.9 Å². The molecule has 0 radical (unpaired) electrons. The first kappa shape index (κ1) is 20.8. The molecular formula is C9H13F2N2O14P3. The molecule has 0 spiro atoms. The smallest absolute Gasteiger partial charge is 0.388 e. The van der Waals surface area contributed by atoms with Crippen LogP contribution in [0.5, 0.6) is 0 Å². The van der Waals surface area contributed by atoms with Crippen molar-refractivity contribution in [2.75, 3.05) is 6.56 Å². The second kappa shape index (κ2) is 8.43. The Morgan fingerprint density at radius 1 is 1.30 bits per heavy atom. The van der Waals surface area contributed by atoms with E-state index in [1.54, 1.807) is 0 Å². The Balaban J connectivity index is 2.36. The molecular weight excluding hydrogens is 491 g/mol. The van der Waals surface area contributed by atoms with E-state index >= 15 is 4.39 Å². The van der Waals surface area contributed by atoms with Crippen LogP contribution in [0.15, 0.2) is 15.8 Å². The van der Waals surface area contributed by atoms with E-state index in [0.29, 0.717) is 0 Å². The molecule has 0 saturated carbocycles. The van der Waals surface area contributed by atoms with Gasteiger partial charge in [0.05, 0.1) is 10.3 Å². The zero-order valence-corrected chi connectivity index (χ0v) is 16.5. The lowest BCUT2D eigenvalue weighted by atomic mass is 10.2. The Morgan fingerprint density at radius 3 is 2.47 bits per heavy atom. The second-order valence-electron chi connectivity index (χ2n) is 5.28. The monoisotopic (exact) mass is 507 g/mol. The molecule has 2 heterocycles. The molecule has 0 amide bonds. The average molecular weight is 507 g/mol. The van der Waals surface area contributed by atoms with Gasteiger partial charge in [-0.1, -0.05) is 0 Å². The molecule has 21 heteroatoms. The predicted octanol–water partition coefficient (Wildman–Crippen LogP) is -1.04. The molecule has 1 saturated heterocycles. The van der Waals surface area contributed by atoms with Crippen molar-refractivity contribution in [3.63, 3.8) is 0 Å². The molecule has 30 heavy (non-hydrogen) atoms. The number of aliphatic hydroxyl groups excluding tert-OH is 1. The lowest BCUT2D eigenvalue weighted by Crippen LogP contribution is -2.37. The highest BCUT2D eigenvalue weighted by Crippen LogP contribution is 2.66. The predicted molar refractivity (Wildman–Crippen MR) is 85.7 cm³/mol. The fourth-order valence-electron chi connectivity index (χ4n) is 1.92. The molecule has 1 aromatic heterocycles. The van der Waals surface area contributed by atoms with Crippen LogP contribution < -0.4 is 11.2 Å². The molecule has 1 aliphatic rings. The number of aromatic amines is 1. The minimum atomic E-state index is -6.27. The van der Waals surface area contributed by atoms with Crippen molar-refractivity contribution in [2.24, 2.45) is 0 Å². The first-order chi connectivity index (χ1) is 14.5. The number of hydrogen-bond acceptors (Lipinski definition) is 10. The first-order valence-electron chi connectivity index (χ1n) is 8.46. The largest absolute Gasteiger partial charge is 0.490 e. The zero-order valence-electron chi connectivity index (χ0n) is 16.8. The van der Waals surface area contributed by atoms with Crippen LogP contribution in [-0.4, -0.2) is 52.7 Å². The van der Waals surface area contributed by atoms with Crippen LogP contribution >= 0.6 is 23.5 Å². The van der Waals surface area contributed by atoms with Gasteiger partial charge in [0, 0.05) is 6.42 Å². The van der Waals surface area contributed by atoms with Gasteiger partial charge >= 0.3 is 29.2 Å². The number of nitrogens with zero attached hydrogens (tertiary/aromatic N) is 1. The standard InChI is InChI=1S/C9H13F2N2O14P3/c10-4-2-13(8(16)12-6(4)15)7-5(14)1-9(11,25-7)3-24-29(20,21)27-30(22,23)26-28(17,18)19/h2,5,7,14H,1,3H2,(H,20,21)(H,22,23)(H,12,15,16)(H2,17,18,19)/t5-,7-,9+/m1/s1/i3D2,7D. The molecule has 0 bridgehead atoms. The van der Waals surface area contributed by atoms with Gasteiger partial charge in [0.15, 0.2) is 6.20 Å². The number of hydrogen-bond donors (Lipinski definition) is 6. The highest BCUT2D eigenvalue weighted by molar-refractivity contribution is 7.66. The van der Waals surface area contributed by atoms with Crippen LogP contribution in [0, 0.1) is 5.82 Å². The van der Waals surface area contributed by atoms with Gasteiger partial charge in [-0.15, -0.1) is 0 Å². The molecule has 2 rings (SSSR count). The minimum absolute atomic E-state index is 0.0149. The third kappa shape index (κ3) is 6.68. The number of aromatic nitrogens is 2. The first-order valence-corrected chi connectivity index (χ1v) is 11.5. The third-order valence-electron chi connectivity index (χ3n) is 2.87. The lowest BCUT2D eigenvalue weighted by Gasteiger charge is -2.22. The summed E-state index contributed by atoms with van der Waals surface area (Å²) in [5, 5.41) is 9.99. The van der Waals surface area contributed by atoms with E-state index in [1.807, 2.05) is 0 Å². The van der Waals surface area contributed by atoms with Gasteiger partial charge in [-0.05, 0) is 0 Å². The number of H-pyrrole nitrogens is 1. The van der Waals surface area contributed by atoms with Crippen molar-refractivity contribution < 1.29 is 69.2 Å². The summed E-state index contributed by atoms with van der Waals surface area (Å²) in [6.45, 7) is -4.27. The van der Waals surface area contributed by atoms with Gasteiger partial charge in [-0.3, -0.25) is 18.9 Å². The molecule has 16 nitrogen and oxygen atoms in total. The Bertz CT molecular complexity index is 1200. The third-order valence-corrected chi connectivity index (χ3v) is 6.52. The maximum Gasteiger partial charge on any atom is 0.490 e. The summed E-state index contributed by atoms with van der Waals surface area (Å²) in [6, 6.07) is 0. The van der Waals surface area contributed by atoms with E-state index < -0.39 is 71.7 Å². The van der Waals surface area contributed by atoms with E-state index in [-0.39, 0.29) is 10.8 Å². The summed E-state index contributed by atoms with van der Waals surface area (Å²) in [5.41, 5.74) is -3.19. The lowest BCUT2D eigenvalue weighted by molar-refractivity contribution is -0.178. The minimum Gasteiger partial charge on any atom is -0.388 e. The highest BCUT2D eigenvalue weighted by Gasteiger charge is 2.50. The Labute approximate surface area is 167 Å². The van der Waals surface area contributed by atoms with Gasteiger partial charge < -0.3 is 29.4 Å². The van der Waals surface area contributed by atoms with Crippen LogP contribution in [-0.2, 0) is 31.6 Å². The van der Waals surface area contributed by atoms with E-state index in [4.69, 9.17) is 18.8 Å². The Kier molecular flexibility index (Phi) is 5.83. The molecule has 2 unspecified atom stereocenters. The normalized spacial score (nSPS) is 33.2. The van der Waals surface area contributed by atoms with Gasteiger partial charge in [-0.2, -0.15) is 13.0 Å². The summed E-state index contributed by atoms with van der Waals surface area (Å²) < 4.78 is 99.9. The number of rotatable bonds is 8. The molecule has 5 atom stereocenters. The van der Waals surface area contributed by atoms with Gasteiger partial charge in [-0.25, -0.2) is 22.9 Å². The second-order valence-corrected chi connectivity index (χ2v) is 9.62. The zero-order chi connectivity index (χ0) is 25.8. The fourth-order valence-corrected chi connectivity index (χ4v) is 4.81. The van der Waals surface area contributed by atoms with Crippen LogP contribution in [0.4, 0.5) is 8.78 Å². The van der Waals surface area contributed by atoms with Crippen molar-refractivity contribution in [3.8, 4) is 0 Å². The topological polar surface area (TPSA) is 244 Å². The van der Waals surface area contributed by atoms with Crippen LogP contribution in [0.3, 0.4) is 0 Å². The van der Waals surface area contributed by atoms with Gasteiger partial charge in [0.2, 0.25) is 11.7 Å². The van der Waals surface area contributed by atoms with Crippen molar-refractivity contribution >= 4 is 23.5 Å². The molecule has 6 N–H and O–H groups in total.